The van der Waals surface area contributed by atoms with Crippen LogP contribution in [0.5, 0.6) is 5.75 Å². The van der Waals surface area contributed by atoms with Crippen LogP contribution in [0.4, 0.5) is 5.69 Å². The summed E-state index contributed by atoms with van der Waals surface area (Å²) in [5.74, 6) is -1.30. The maximum Gasteiger partial charge on any atom is 0.335 e. The van der Waals surface area contributed by atoms with Crippen LogP contribution >= 0.6 is 12.2 Å². The third-order valence-electron chi connectivity index (χ3n) is 4.74. The number of thiocarbonyl (C=S) groups is 1. The number of carbonyl (C=O) groups excluding carboxylic acids is 2. The lowest BCUT2D eigenvalue weighted by Gasteiger charge is -2.29. The molecule has 2 aromatic carbocycles. The van der Waals surface area contributed by atoms with Crippen LogP contribution in [0.3, 0.4) is 0 Å². The molecule has 0 aliphatic carbocycles. The summed E-state index contributed by atoms with van der Waals surface area (Å²) < 4.78 is 11.0. The topological polar surface area (TPSA) is 109 Å². The minimum absolute atomic E-state index is 0.0627. The van der Waals surface area contributed by atoms with Gasteiger partial charge in [-0.05, 0) is 54.7 Å². The standard InChI is InChI=1S/C23H16N2O6S/c1-30-19-8-3-2-7-17(19)25-21(27)16(20(26)24-23(25)32)12-15-9-10-18(31-15)13-5-4-6-14(11-13)22(28)29/h2-12H,1H3,(H,28,29)(H,24,26,32). The Labute approximate surface area is 187 Å². The summed E-state index contributed by atoms with van der Waals surface area (Å²) >= 11 is 5.21. The Kier molecular flexibility index (Phi) is 5.57. The van der Waals surface area contributed by atoms with Gasteiger partial charge in [0, 0.05) is 5.56 Å². The van der Waals surface area contributed by atoms with Gasteiger partial charge in [-0.3, -0.25) is 14.9 Å². The fraction of sp³-hybridized carbons (Fsp3) is 0.0435. The zero-order valence-electron chi connectivity index (χ0n) is 16.7. The molecule has 4 rings (SSSR count). The van der Waals surface area contributed by atoms with Crippen molar-refractivity contribution in [2.24, 2.45) is 0 Å². The maximum absolute atomic E-state index is 13.2. The Bertz CT molecular complexity index is 1290. The number of anilines is 1. The molecule has 160 valence electrons. The lowest BCUT2D eigenvalue weighted by molar-refractivity contribution is -0.122. The number of methoxy groups -OCH3 is 1. The number of nitrogens with one attached hydrogen (secondary N) is 1. The van der Waals surface area contributed by atoms with Gasteiger partial charge in [-0.25, -0.2) is 9.69 Å². The number of furan rings is 1. The lowest BCUT2D eigenvalue weighted by atomic mass is 10.1. The molecule has 0 radical (unpaired) electrons. The van der Waals surface area contributed by atoms with E-state index in [1.54, 1.807) is 48.5 Å². The van der Waals surface area contributed by atoms with Crippen molar-refractivity contribution in [1.29, 1.82) is 0 Å². The smallest absolute Gasteiger partial charge is 0.335 e. The zero-order chi connectivity index (χ0) is 22.8. The van der Waals surface area contributed by atoms with Crippen molar-refractivity contribution in [2.75, 3.05) is 12.0 Å². The second-order valence-corrected chi connectivity index (χ2v) is 7.10. The molecule has 8 nitrogen and oxygen atoms in total. The highest BCUT2D eigenvalue weighted by atomic mass is 32.1. The highest BCUT2D eigenvalue weighted by Gasteiger charge is 2.36. The number of carboxylic acid groups (broad SMARTS) is 1. The summed E-state index contributed by atoms with van der Waals surface area (Å²) in [6.07, 6.45) is 1.31. The fourth-order valence-corrected chi connectivity index (χ4v) is 3.50. The zero-order valence-corrected chi connectivity index (χ0v) is 17.5. The van der Waals surface area contributed by atoms with E-state index in [1.807, 2.05) is 0 Å². The first kappa shape index (κ1) is 21.0. The van der Waals surface area contributed by atoms with Gasteiger partial charge in [-0.1, -0.05) is 24.3 Å². The van der Waals surface area contributed by atoms with E-state index in [0.29, 0.717) is 22.8 Å². The van der Waals surface area contributed by atoms with Gasteiger partial charge in [0.05, 0.1) is 18.4 Å². The molecule has 1 aliphatic rings. The van der Waals surface area contributed by atoms with Crippen LogP contribution in [0.15, 0.2) is 70.7 Å². The van der Waals surface area contributed by atoms with Crippen LogP contribution in [0.25, 0.3) is 17.4 Å². The average molecular weight is 448 g/mol. The average Bonchev–Trinajstić information content (AvgIpc) is 3.26. The van der Waals surface area contributed by atoms with Crippen LogP contribution in [0.2, 0.25) is 0 Å². The van der Waals surface area contributed by atoms with Gasteiger partial charge in [0.15, 0.2) is 5.11 Å². The first-order chi connectivity index (χ1) is 15.4. The number of nitrogens with zero attached hydrogens (tertiary/aromatic N) is 1. The molecular formula is C23H16N2O6S. The summed E-state index contributed by atoms with van der Waals surface area (Å²) in [6.45, 7) is 0. The van der Waals surface area contributed by atoms with Crippen molar-refractivity contribution in [3.63, 3.8) is 0 Å². The summed E-state index contributed by atoms with van der Waals surface area (Å²) in [5, 5.41) is 11.6. The molecule has 9 heteroatoms. The monoisotopic (exact) mass is 448 g/mol. The third kappa shape index (κ3) is 3.88. The number of carboxylic acids is 1. The SMILES string of the molecule is COc1ccccc1N1C(=O)C(=Cc2ccc(-c3cccc(C(=O)O)c3)o2)C(=O)NC1=S. The minimum Gasteiger partial charge on any atom is -0.495 e. The van der Waals surface area contributed by atoms with Crippen LogP contribution in [0.1, 0.15) is 16.1 Å². The predicted octanol–water partition coefficient (Wildman–Crippen LogP) is 3.48. The van der Waals surface area contributed by atoms with E-state index in [4.69, 9.17) is 26.5 Å². The summed E-state index contributed by atoms with van der Waals surface area (Å²) in [5.41, 5.74) is 0.874. The van der Waals surface area contributed by atoms with Gasteiger partial charge in [-0.2, -0.15) is 0 Å². The Morgan fingerprint density at radius 2 is 1.91 bits per heavy atom. The highest BCUT2D eigenvalue weighted by Crippen LogP contribution is 2.31. The first-order valence-electron chi connectivity index (χ1n) is 9.37. The molecule has 2 heterocycles. The van der Waals surface area contributed by atoms with E-state index >= 15 is 0 Å². The number of hydrogen-bond donors (Lipinski definition) is 2. The molecule has 2 N–H and O–H groups in total. The van der Waals surface area contributed by atoms with Crippen LogP contribution < -0.4 is 15.0 Å². The molecule has 0 atom stereocenters. The summed E-state index contributed by atoms with van der Waals surface area (Å²) in [7, 11) is 1.47. The number of hydrogen-bond acceptors (Lipinski definition) is 6. The molecular weight excluding hydrogens is 432 g/mol. The van der Waals surface area contributed by atoms with E-state index in [2.05, 4.69) is 5.32 Å². The first-order valence-corrected chi connectivity index (χ1v) is 9.78. The summed E-state index contributed by atoms with van der Waals surface area (Å²) in [4.78, 5) is 38.0. The second kappa shape index (κ2) is 8.48. The van der Waals surface area contributed by atoms with Crippen LogP contribution in [-0.2, 0) is 9.59 Å². The lowest BCUT2D eigenvalue weighted by Crippen LogP contribution is -2.54. The van der Waals surface area contributed by atoms with Crippen molar-refractivity contribution < 1.29 is 28.6 Å². The fourth-order valence-electron chi connectivity index (χ4n) is 3.22. The van der Waals surface area contributed by atoms with Gasteiger partial charge < -0.3 is 14.3 Å². The van der Waals surface area contributed by atoms with Gasteiger partial charge in [-0.15, -0.1) is 0 Å². The molecule has 1 fully saturated rings. The molecule has 2 amide bonds. The van der Waals surface area contributed by atoms with Gasteiger partial charge in [0.1, 0.15) is 22.8 Å². The van der Waals surface area contributed by atoms with Gasteiger partial charge in [0.2, 0.25) is 0 Å². The van der Waals surface area contributed by atoms with Crippen molar-refractivity contribution in [3.8, 4) is 17.1 Å². The number of amides is 2. The van der Waals surface area contributed by atoms with Gasteiger partial charge in [0.25, 0.3) is 11.8 Å². The molecule has 1 aromatic heterocycles. The molecule has 0 bridgehead atoms. The molecule has 1 saturated heterocycles. The van der Waals surface area contributed by atoms with E-state index in [1.165, 1.54) is 30.2 Å². The van der Waals surface area contributed by atoms with E-state index < -0.39 is 17.8 Å². The maximum atomic E-state index is 13.2. The van der Waals surface area contributed by atoms with Gasteiger partial charge >= 0.3 is 5.97 Å². The van der Waals surface area contributed by atoms with Crippen LogP contribution in [-0.4, -0.2) is 35.1 Å². The number of para-hydroxylation sites is 2. The molecule has 3 aromatic rings. The molecule has 32 heavy (non-hydrogen) atoms. The highest BCUT2D eigenvalue weighted by molar-refractivity contribution is 7.80. The Morgan fingerprint density at radius 1 is 1.12 bits per heavy atom. The van der Waals surface area contributed by atoms with Crippen molar-refractivity contribution >= 4 is 46.9 Å². The second-order valence-electron chi connectivity index (χ2n) is 6.72. The normalized spacial score (nSPS) is 15.1. The quantitative estimate of drug-likeness (QED) is 0.349. The predicted molar refractivity (Wildman–Crippen MR) is 120 cm³/mol. The number of aromatic carboxylic acids is 1. The third-order valence-corrected chi connectivity index (χ3v) is 5.02. The van der Waals surface area contributed by atoms with E-state index in [-0.39, 0.29) is 22.0 Å². The van der Waals surface area contributed by atoms with Crippen molar-refractivity contribution in [1.82, 2.24) is 5.32 Å². The number of carbonyl (C=O) groups is 3. The minimum atomic E-state index is -1.06. The Morgan fingerprint density at radius 3 is 2.66 bits per heavy atom. The molecule has 1 aliphatic heterocycles. The number of benzene rings is 2. The van der Waals surface area contributed by atoms with E-state index in [0.717, 1.165) is 0 Å². The van der Waals surface area contributed by atoms with Crippen molar-refractivity contribution in [3.05, 3.63) is 77.6 Å². The molecule has 0 unspecified atom stereocenters. The van der Waals surface area contributed by atoms with Crippen molar-refractivity contribution in [2.45, 2.75) is 0 Å². The summed E-state index contributed by atoms with van der Waals surface area (Å²) in [6, 6.07) is 16.2. The number of rotatable bonds is 5. The van der Waals surface area contributed by atoms with Crippen LogP contribution in [0, 0.1) is 0 Å². The Balaban J connectivity index is 1.69. The number of ether oxygens (including phenoxy) is 1. The van der Waals surface area contributed by atoms with E-state index in [9.17, 15) is 14.4 Å². The Hall–Kier alpha value is -4.24. The molecule has 0 spiro atoms. The molecule has 0 saturated carbocycles. The largest absolute Gasteiger partial charge is 0.495 e.